The Morgan fingerprint density at radius 2 is 2.05 bits per heavy atom. The number of ether oxygens (including phenoxy) is 1. The normalized spacial score (nSPS) is 14.2. The van der Waals surface area contributed by atoms with Gasteiger partial charge in [-0.05, 0) is 25.8 Å². The van der Waals surface area contributed by atoms with Gasteiger partial charge in [0.05, 0.1) is 12.6 Å². The summed E-state index contributed by atoms with van der Waals surface area (Å²) in [5.74, 6) is 0. The molecule has 1 heterocycles. The molecule has 108 valence electrons. The monoisotopic (exact) mass is 290 g/mol. The second-order valence-electron chi connectivity index (χ2n) is 5.04. The average molecular weight is 290 g/mol. The maximum absolute atomic E-state index is 5.34. The summed E-state index contributed by atoms with van der Waals surface area (Å²) < 4.78 is 5.34. The van der Waals surface area contributed by atoms with Gasteiger partial charge in [0.1, 0.15) is 5.01 Å². The molecule has 1 aromatic carbocycles. The minimum atomic E-state index is 0.248. The molecule has 0 aliphatic heterocycles. The van der Waals surface area contributed by atoms with Gasteiger partial charge in [0.15, 0.2) is 0 Å². The van der Waals surface area contributed by atoms with Crippen LogP contribution < -0.4 is 5.32 Å². The number of thiazole rings is 1. The first-order chi connectivity index (χ1) is 9.69. The highest BCUT2D eigenvalue weighted by Gasteiger charge is 2.16. The van der Waals surface area contributed by atoms with Crippen LogP contribution in [0.4, 0.5) is 0 Å². The standard InChI is InChI=1S/C16H22N2OS/c1-12-10-17-16(20-12)13(2)18-15(11-19-3)9-14-7-5-4-6-8-14/h4-8,10,13,15,18H,9,11H2,1-3H3/t13-,15+/m1/s1. The fraction of sp³-hybridized carbons (Fsp3) is 0.438. The molecule has 0 amide bonds. The Labute approximate surface area is 125 Å². The molecule has 2 atom stereocenters. The molecule has 0 aliphatic carbocycles. The molecule has 0 spiro atoms. The van der Waals surface area contributed by atoms with Crippen LogP contribution in [0.3, 0.4) is 0 Å². The van der Waals surface area contributed by atoms with Crippen LogP contribution in [-0.2, 0) is 11.2 Å². The van der Waals surface area contributed by atoms with Crippen molar-refractivity contribution in [3.63, 3.8) is 0 Å². The number of methoxy groups -OCH3 is 1. The largest absolute Gasteiger partial charge is 0.383 e. The number of rotatable bonds is 7. The van der Waals surface area contributed by atoms with E-state index in [1.165, 1.54) is 10.4 Å². The van der Waals surface area contributed by atoms with Crippen LogP contribution in [0.25, 0.3) is 0 Å². The van der Waals surface area contributed by atoms with E-state index in [0.29, 0.717) is 12.6 Å². The van der Waals surface area contributed by atoms with Gasteiger partial charge in [-0.2, -0.15) is 0 Å². The van der Waals surface area contributed by atoms with E-state index in [1.807, 2.05) is 12.3 Å². The summed E-state index contributed by atoms with van der Waals surface area (Å²) in [6, 6.07) is 11.0. The summed E-state index contributed by atoms with van der Waals surface area (Å²) in [4.78, 5) is 5.70. The minimum absolute atomic E-state index is 0.248. The van der Waals surface area contributed by atoms with Gasteiger partial charge in [-0.1, -0.05) is 30.3 Å². The first-order valence-electron chi connectivity index (χ1n) is 6.90. The molecule has 1 aromatic heterocycles. The van der Waals surface area contributed by atoms with Gasteiger partial charge < -0.3 is 10.1 Å². The SMILES string of the molecule is COC[C@H](Cc1ccccc1)N[C@H](C)c1ncc(C)s1. The summed E-state index contributed by atoms with van der Waals surface area (Å²) in [6.45, 7) is 4.94. The fourth-order valence-corrected chi connectivity index (χ4v) is 3.05. The van der Waals surface area contributed by atoms with Crippen LogP contribution in [-0.4, -0.2) is 24.7 Å². The maximum Gasteiger partial charge on any atom is 0.109 e. The van der Waals surface area contributed by atoms with Gasteiger partial charge >= 0.3 is 0 Å². The third-order valence-corrected chi connectivity index (χ3v) is 4.28. The molecule has 0 saturated carbocycles. The molecule has 3 nitrogen and oxygen atoms in total. The van der Waals surface area contributed by atoms with Crippen molar-refractivity contribution in [1.29, 1.82) is 0 Å². The molecular weight excluding hydrogens is 268 g/mol. The van der Waals surface area contributed by atoms with Crippen molar-refractivity contribution in [2.45, 2.75) is 32.4 Å². The van der Waals surface area contributed by atoms with Crippen molar-refractivity contribution in [2.75, 3.05) is 13.7 Å². The Morgan fingerprint density at radius 3 is 2.65 bits per heavy atom. The molecule has 0 radical (unpaired) electrons. The summed E-state index contributed by atoms with van der Waals surface area (Å²) in [6.07, 6.45) is 2.89. The van der Waals surface area contributed by atoms with Crippen molar-refractivity contribution >= 4 is 11.3 Å². The maximum atomic E-state index is 5.34. The number of nitrogens with zero attached hydrogens (tertiary/aromatic N) is 1. The van der Waals surface area contributed by atoms with Crippen LogP contribution >= 0.6 is 11.3 Å². The number of nitrogens with one attached hydrogen (secondary N) is 1. The number of aryl methyl sites for hydroxylation is 1. The van der Waals surface area contributed by atoms with Crippen LogP contribution in [0.1, 0.15) is 28.4 Å². The van der Waals surface area contributed by atoms with Gasteiger partial charge in [0, 0.05) is 24.2 Å². The molecule has 0 saturated heterocycles. The smallest absolute Gasteiger partial charge is 0.109 e. The summed E-state index contributed by atoms with van der Waals surface area (Å²) in [5, 5.41) is 4.75. The Morgan fingerprint density at radius 1 is 1.30 bits per heavy atom. The average Bonchev–Trinajstić information content (AvgIpc) is 2.87. The van der Waals surface area contributed by atoms with Crippen molar-refractivity contribution in [2.24, 2.45) is 0 Å². The van der Waals surface area contributed by atoms with Crippen LogP contribution in [0.15, 0.2) is 36.5 Å². The van der Waals surface area contributed by atoms with E-state index >= 15 is 0 Å². The molecule has 2 rings (SSSR count). The second-order valence-corrected chi connectivity index (χ2v) is 6.31. The van der Waals surface area contributed by atoms with Crippen LogP contribution in [0, 0.1) is 6.92 Å². The van der Waals surface area contributed by atoms with Crippen molar-refractivity contribution in [1.82, 2.24) is 10.3 Å². The molecule has 2 aromatic rings. The highest BCUT2D eigenvalue weighted by Crippen LogP contribution is 2.20. The first kappa shape index (κ1) is 15.2. The highest BCUT2D eigenvalue weighted by atomic mass is 32.1. The van der Waals surface area contributed by atoms with Gasteiger partial charge in [-0.3, -0.25) is 0 Å². The number of hydrogen-bond donors (Lipinski definition) is 1. The van der Waals surface area contributed by atoms with Crippen LogP contribution in [0.5, 0.6) is 0 Å². The van der Waals surface area contributed by atoms with Gasteiger partial charge in [-0.15, -0.1) is 11.3 Å². The lowest BCUT2D eigenvalue weighted by molar-refractivity contribution is 0.161. The van der Waals surface area contributed by atoms with Crippen molar-refractivity contribution in [3.05, 3.63) is 52.0 Å². The highest BCUT2D eigenvalue weighted by molar-refractivity contribution is 7.11. The number of aromatic nitrogens is 1. The van der Waals surface area contributed by atoms with E-state index in [1.54, 1.807) is 18.4 Å². The predicted molar refractivity (Wildman–Crippen MR) is 84.2 cm³/mol. The summed E-state index contributed by atoms with van der Waals surface area (Å²) in [7, 11) is 1.75. The topological polar surface area (TPSA) is 34.1 Å². The Kier molecular flexibility index (Phi) is 5.71. The van der Waals surface area contributed by atoms with E-state index in [4.69, 9.17) is 4.74 Å². The third kappa shape index (κ3) is 4.40. The lowest BCUT2D eigenvalue weighted by atomic mass is 10.1. The lowest BCUT2D eigenvalue weighted by Gasteiger charge is -2.21. The lowest BCUT2D eigenvalue weighted by Crippen LogP contribution is -2.37. The van der Waals surface area contributed by atoms with E-state index < -0.39 is 0 Å². The van der Waals surface area contributed by atoms with Gasteiger partial charge in [-0.25, -0.2) is 4.98 Å². The zero-order valence-corrected chi connectivity index (χ0v) is 13.1. The van der Waals surface area contributed by atoms with Crippen molar-refractivity contribution < 1.29 is 4.74 Å². The summed E-state index contributed by atoms with van der Waals surface area (Å²) in [5.41, 5.74) is 1.32. The van der Waals surface area contributed by atoms with Gasteiger partial charge in [0.25, 0.3) is 0 Å². The minimum Gasteiger partial charge on any atom is -0.383 e. The molecular formula is C16H22N2OS. The Bertz CT molecular complexity index is 512. The molecule has 0 aliphatic rings. The Balaban J connectivity index is 1.98. The van der Waals surface area contributed by atoms with E-state index in [2.05, 4.69) is 48.4 Å². The van der Waals surface area contributed by atoms with Crippen LogP contribution in [0.2, 0.25) is 0 Å². The van der Waals surface area contributed by atoms with Crippen molar-refractivity contribution in [3.8, 4) is 0 Å². The molecule has 4 heteroatoms. The van der Waals surface area contributed by atoms with E-state index in [9.17, 15) is 0 Å². The van der Waals surface area contributed by atoms with E-state index in [-0.39, 0.29) is 6.04 Å². The number of hydrogen-bond acceptors (Lipinski definition) is 4. The first-order valence-corrected chi connectivity index (χ1v) is 7.72. The Hall–Kier alpha value is -1.23. The quantitative estimate of drug-likeness (QED) is 0.849. The molecule has 1 N–H and O–H groups in total. The summed E-state index contributed by atoms with van der Waals surface area (Å²) >= 11 is 1.75. The molecule has 0 bridgehead atoms. The second kappa shape index (κ2) is 7.53. The fourth-order valence-electron chi connectivity index (χ4n) is 2.26. The van der Waals surface area contributed by atoms with E-state index in [0.717, 1.165) is 11.4 Å². The zero-order valence-electron chi connectivity index (χ0n) is 12.3. The molecule has 20 heavy (non-hydrogen) atoms. The number of benzene rings is 1. The zero-order chi connectivity index (χ0) is 14.4. The van der Waals surface area contributed by atoms with Gasteiger partial charge in [0.2, 0.25) is 0 Å². The molecule has 0 fully saturated rings. The third-order valence-electron chi connectivity index (χ3n) is 3.19. The molecule has 0 unspecified atom stereocenters. The predicted octanol–water partition coefficient (Wildman–Crippen LogP) is 3.36.